The molecule has 2 saturated carbocycles. The Hall–Kier alpha value is -0.0800. The Labute approximate surface area is 100 Å². The van der Waals surface area contributed by atoms with Crippen molar-refractivity contribution < 1.29 is 4.74 Å². The second-order valence-electron chi connectivity index (χ2n) is 5.60. The molecule has 2 aliphatic carbocycles. The van der Waals surface area contributed by atoms with Crippen molar-refractivity contribution in [3.63, 3.8) is 0 Å². The highest BCUT2D eigenvalue weighted by Crippen LogP contribution is 2.32. The third-order valence-corrected chi connectivity index (χ3v) is 3.96. The van der Waals surface area contributed by atoms with Crippen LogP contribution in [0.4, 0.5) is 0 Å². The molecule has 94 valence electrons. The Morgan fingerprint density at radius 2 is 1.94 bits per heavy atom. The summed E-state index contributed by atoms with van der Waals surface area (Å²) in [5, 5.41) is 3.67. The minimum atomic E-state index is 0.190. The van der Waals surface area contributed by atoms with Gasteiger partial charge in [-0.1, -0.05) is 32.6 Å². The summed E-state index contributed by atoms with van der Waals surface area (Å²) in [6.45, 7) is 4.30. The van der Waals surface area contributed by atoms with Gasteiger partial charge in [0.2, 0.25) is 0 Å². The van der Waals surface area contributed by atoms with Crippen LogP contribution in [0.1, 0.15) is 64.7 Å². The lowest BCUT2D eigenvalue weighted by atomic mass is 9.84. The van der Waals surface area contributed by atoms with Crippen molar-refractivity contribution >= 4 is 0 Å². The molecular formula is C14H27NO. The van der Waals surface area contributed by atoms with Gasteiger partial charge in [0.15, 0.2) is 0 Å². The van der Waals surface area contributed by atoms with E-state index in [-0.39, 0.29) is 5.60 Å². The van der Waals surface area contributed by atoms with E-state index >= 15 is 0 Å². The van der Waals surface area contributed by atoms with Crippen LogP contribution in [0.5, 0.6) is 0 Å². The van der Waals surface area contributed by atoms with Crippen LogP contribution < -0.4 is 5.32 Å². The molecule has 16 heavy (non-hydrogen) atoms. The molecule has 0 atom stereocenters. The van der Waals surface area contributed by atoms with Crippen molar-refractivity contribution in [1.29, 1.82) is 0 Å². The lowest BCUT2D eigenvalue weighted by Crippen LogP contribution is -2.45. The van der Waals surface area contributed by atoms with Crippen LogP contribution in [-0.4, -0.2) is 24.8 Å². The molecule has 0 bridgehead atoms. The van der Waals surface area contributed by atoms with Crippen LogP contribution in [0.15, 0.2) is 0 Å². The fourth-order valence-electron chi connectivity index (χ4n) is 2.62. The van der Waals surface area contributed by atoms with Crippen molar-refractivity contribution in [1.82, 2.24) is 5.32 Å². The summed E-state index contributed by atoms with van der Waals surface area (Å²) in [4.78, 5) is 0. The molecule has 0 aromatic rings. The molecule has 1 N–H and O–H groups in total. The number of unbranched alkanes of at least 4 members (excludes halogenated alkanes) is 1. The lowest BCUT2D eigenvalue weighted by Gasteiger charge is -2.37. The average Bonchev–Trinajstić information content (AvgIpc) is 3.12. The van der Waals surface area contributed by atoms with Gasteiger partial charge in [0, 0.05) is 19.2 Å². The molecule has 0 unspecified atom stereocenters. The molecule has 0 radical (unpaired) electrons. The maximum atomic E-state index is 6.23. The molecule has 0 aromatic heterocycles. The standard InChI is InChI=1S/C14H27NO/c1-2-3-11-16-14(9-5-4-6-10-14)12-15-13-7-8-13/h13,15H,2-12H2,1H3. The fourth-order valence-corrected chi connectivity index (χ4v) is 2.62. The number of hydrogen-bond acceptors (Lipinski definition) is 2. The number of nitrogens with one attached hydrogen (secondary N) is 1. The zero-order valence-corrected chi connectivity index (χ0v) is 10.8. The average molecular weight is 225 g/mol. The van der Waals surface area contributed by atoms with Crippen LogP contribution >= 0.6 is 0 Å². The monoisotopic (exact) mass is 225 g/mol. The minimum Gasteiger partial charge on any atom is -0.374 e. The predicted octanol–water partition coefficient (Wildman–Crippen LogP) is 3.26. The summed E-state index contributed by atoms with van der Waals surface area (Å²) in [7, 11) is 0. The quantitative estimate of drug-likeness (QED) is 0.672. The lowest BCUT2D eigenvalue weighted by molar-refractivity contribution is -0.0695. The van der Waals surface area contributed by atoms with Crippen molar-refractivity contribution in [2.75, 3.05) is 13.2 Å². The Bertz CT molecular complexity index is 195. The molecule has 2 nitrogen and oxygen atoms in total. The van der Waals surface area contributed by atoms with Gasteiger partial charge in [-0.05, 0) is 32.1 Å². The molecule has 2 aliphatic rings. The first kappa shape index (κ1) is 12.4. The highest BCUT2D eigenvalue weighted by molar-refractivity contribution is 4.91. The summed E-state index contributed by atoms with van der Waals surface area (Å²) < 4.78 is 6.23. The first-order valence-electron chi connectivity index (χ1n) is 7.22. The summed E-state index contributed by atoms with van der Waals surface area (Å²) >= 11 is 0. The Morgan fingerprint density at radius 1 is 1.19 bits per heavy atom. The zero-order valence-electron chi connectivity index (χ0n) is 10.8. The van der Waals surface area contributed by atoms with E-state index in [0.717, 1.165) is 19.2 Å². The van der Waals surface area contributed by atoms with Crippen molar-refractivity contribution in [2.24, 2.45) is 0 Å². The summed E-state index contributed by atoms with van der Waals surface area (Å²) in [5.41, 5.74) is 0.190. The maximum Gasteiger partial charge on any atom is 0.0806 e. The molecule has 2 rings (SSSR count). The van der Waals surface area contributed by atoms with Crippen LogP contribution in [0.25, 0.3) is 0 Å². The van der Waals surface area contributed by atoms with Gasteiger partial charge in [0.25, 0.3) is 0 Å². The second kappa shape index (κ2) is 6.02. The number of ether oxygens (including phenoxy) is 1. The van der Waals surface area contributed by atoms with Crippen molar-refractivity contribution in [3.05, 3.63) is 0 Å². The van der Waals surface area contributed by atoms with Crippen LogP contribution in [-0.2, 0) is 4.74 Å². The van der Waals surface area contributed by atoms with Gasteiger partial charge in [-0.3, -0.25) is 0 Å². The second-order valence-corrected chi connectivity index (χ2v) is 5.60. The molecule has 0 aromatic carbocycles. The van der Waals surface area contributed by atoms with Gasteiger partial charge in [0.1, 0.15) is 0 Å². The predicted molar refractivity (Wildman–Crippen MR) is 67.7 cm³/mol. The molecule has 0 saturated heterocycles. The fraction of sp³-hybridized carbons (Fsp3) is 1.00. The summed E-state index contributed by atoms with van der Waals surface area (Å²) in [6, 6.07) is 0.813. The summed E-state index contributed by atoms with van der Waals surface area (Å²) in [6.07, 6.45) is 11.9. The van der Waals surface area contributed by atoms with E-state index in [1.807, 2.05) is 0 Å². The normalized spacial score (nSPS) is 24.6. The molecular weight excluding hydrogens is 198 g/mol. The Kier molecular flexibility index (Phi) is 4.66. The topological polar surface area (TPSA) is 21.3 Å². The van der Waals surface area contributed by atoms with E-state index in [2.05, 4.69) is 12.2 Å². The van der Waals surface area contributed by atoms with Crippen LogP contribution in [0.2, 0.25) is 0 Å². The number of rotatable bonds is 7. The Balaban J connectivity index is 1.77. The molecule has 0 heterocycles. The van der Waals surface area contributed by atoms with Gasteiger partial charge in [0.05, 0.1) is 5.60 Å². The molecule has 0 spiro atoms. The van der Waals surface area contributed by atoms with E-state index in [4.69, 9.17) is 4.74 Å². The van der Waals surface area contributed by atoms with Gasteiger partial charge >= 0.3 is 0 Å². The minimum absolute atomic E-state index is 0.190. The van der Waals surface area contributed by atoms with Crippen LogP contribution in [0.3, 0.4) is 0 Å². The molecule has 0 amide bonds. The van der Waals surface area contributed by atoms with Crippen molar-refractivity contribution in [2.45, 2.75) is 76.4 Å². The first-order valence-corrected chi connectivity index (χ1v) is 7.22. The largest absolute Gasteiger partial charge is 0.374 e. The smallest absolute Gasteiger partial charge is 0.0806 e. The van der Waals surface area contributed by atoms with Gasteiger partial charge in [-0.15, -0.1) is 0 Å². The van der Waals surface area contributed by atoms with Gasteiger partial charge < -0.3 is 10.1 Å². The van der Waals surface area contributed by atoms with E-state index in [1.54, 1.807) is 0 Å². The third-order valence-electron chi connectivity index (χ3n) is 3.96. The molecule has 0 aliphatic heterocycles. The highest BCUT2D eigenvalue weighted by Gasteiger charge is 2.34. The van der Waals surface area contributed by atoms with Gasteiger partial charge in [-0.25, -0.2) is 0 Å². The van der Waals surface area contributed by atoms with Crippen LogP contribution in [0, 0.1) is 0 Å². The van der Waals surface area contributed by atoms with E-state index < -0.39 is 0 Å². The Morgan fingerprint density at radius 3 is 2.56 bits per heavy atom. The SMILES string of the molecule is CCCCOC1(CNC2CC2)CCCCC1. The first-order chi connectivity index (χ1) is 7.85. The van der Waals surface area contributed by atoms with Crippen molar-refractivity contribution in [3.8, 4) is 0 Å². The molecule has 2 fully saturated rings. The third kappa shape index (κ3) is 3.74. The highest BCUT2D eigenvalue weighted by atomic mass is 16.5. The summed E-state index contributed by atoms with van der Waals surface area (Å²) in [5.74, 6) is 0. The van der Waals surface area contributed by atoms with E-state index in [1.165, 1.54) is 57.8 Å². The zero-order chi connectivity index (χ0) is 11.3. The van der Waals surface area contributed by atoms with Gasteiger partial charge in [-0.2, -0.15) is 0 Å². The number of hydrogen-bond donors (Lipinski definition) is 1. The maximum absolute atomic E-state index is 6.23. The van der Waals surface area contributed by atoms with E-state index in [0.29, 0.717) is 0 Å². The molecule has 2 heteroatoms. The van der Waals surface area contributed by atoms with E-state index in [9.17, 15) is 0 Å².